The van der Waals surface area contributed by atoms with Crippen molar-refractivity contribution in [1.29, 1.82) is 0 Å². The van der Waals surface area contributed by atoms with E-state index in [0.29, 0.717) is 29.3 Å². The van der Waals surface area contributed by atoms with Crippen LogP contribution in [0.5, 0.6) is 0 Å². The highest BCUT2D eigenvalue weighted by Crippen LogP contribution is 2.34. The van der Waals surface area contributed by atoms with Crippen LogP contribution in [0.2, 0.25) is 0 Å². The molecule has 0 atom stereocenters. The second-order valence-corrected chi connectivity index (χ2v) is 12.3. The number of ketones is 1. The Morgan fingerprint density at radius 2 is 1.86 bits per heavy atom. The fourth-order valence-corrected chi connectivity index (χ4v) is 6.46. The lowest BCUT2D eigenvalue weighted by molar-refractivity contribution is -0.119. The number of hydrogen-bond donors (Lipinski definition) is 1. The molecule has 2 fully saturated rings. The van der Waals surface area contributed by atoms with E-state index >= 15 is 0 Å². The van der Waals surface area contributed by atoms with Gasteiger partial charge in [0.1, 0.15) is 5.78 Å². The zero-order chi connectivity index (χ0) is 25.2. The molecule has 0 amide bonds. The number of piperazine rings is 1. The fourth-order valence-electron chi connectivity index (χ4n) is 4.09. The molecule has 3 aromatic heterocycles. The van der Waals surface area contributed by atoms with Crippen molar-refractivity contribution in [1.82, 2.24) is 24.8 Å². The van der Waals surface area contributed by atoms with Gasteiger partial charge in [0.15, 0.2) is 10.3 Å². The van der Waals surface area contributed by atoms with Gasteiger partial charge in [0, 0.05) is 54.5 Å². The van der Waals surface area contributed by atoms with Gasteiger partial charge in [0.25, 0.3) is 0 Å². The summed E-state index contributed by atoms with van der Waals surface area (Å²) in [7, 11) is 2.13. The summed E-state index contributed by atoms with van der Waals surface area (Å²) in [6.07, 6.45) is 4.50. The van der Waals surface area contributed by atoms with Crippen LogP contribution in [0.25, 0.3) is 9.75 Å². The highest BCUT2D eigenvalue weighted by Gasteiger charge is 2.29. The maximum Gasteiger partial charge on any atom is 0.234 e. The molecule has 0 radical (unpaired) electrons. The summed E-state index contributed by atoms with van der Waals surface area (Å²) in [5, 5.41) is 6.75. The Bertz CT molecular complexity index is 1360. The molecule has 37 heavy (non-hydrogen) atoms. The van der Waals surface area contributed by atoms with Gasteiger partial charge in [0.05, 0.1) is 4.88 Å². The lowest BCUT2D eigenvalue weighted by atomic mass is 10.1. The molecule has 0 unspecified atom stereocenters. The Balaban J connectivity index is 1.22. The number of benzene rings is 1. The summed E-state index contributed by atoms with van der Waals surface area (Å²) in [6.45, 7) is 3.67. The molecule has 6 rings (SSSR count). The summed E-state index contributed by atoms with van der Waals surface area (Å²) in [6, 6.07) is 12.3. The third kappa shape index (κ3) is 6.18. The lowest BCUT2D eigenvalue weighted by Gasteiger charge is -2.32. The molecule has 1 N–H and O–H groups in total. The molecular formula is C26H27N7OS3. The summed E-state index contributed by atoms with van der Waals surface area (Å²) >= 11 is 4.78. The van der Waals surface area contributed by atoms with Gasteiger partial charge in [-0.15, -0.1) is 11.3 Å². The summed E-state index contributed by atoms with van der Waals surface area (Å²) in [5.74, 6) is 1.81. The first-order valence-electron chi connectivity index (χ1n) is 12.3. The van der Waals surface area contributed by atoms with Gasteiger partial charge in [-0.1, -0.05) is 29.5 Å². The van der Waals surface area contributed by atoms with E-state index in [-0.39, 0.29) is 5.92 Å². The van der Waals surface area contributed by atoms with Crippen LogP contribution in [0.1, 0.15) is 18.4 Å². The zero-order valence-corrected chi connectivity index (χ0v) is 22.9. The van der Waals surface area contributed by atoms with Crippen molar-refractivity contribution in [3.63, 3.8) is 0 Å². The maximum atomic E-state index is 12.2. The molecule has 8 nitrogen and oxygen atoms in total. The average molecular weight is 550 g/mol. The summed E-state index contributed by atoms with van der Waals surface area (Å²) < 4.78 is 0. The number of thiazole rings is 1. The van der Waals surface area contributed by atoms with Crippen LogP contribution in [0, 0.1) is 5.92 Å². The van der Waals surface area contributed by atoms with Crippen molar-refractivity contribution in [2.75, 3.05) is 43.4 Å². The monoisotopic (exact) mass is 549 g/mol. The van der Waals surface area contributed by atoms with Gasteiger partial charge in [-0.05, 0) is 60.8 Å². The number of carbonyl (C=O) groups excluding carboxylic acids is 1. The van der Waals surface area contributed by atoms with Gasteiger partial charge in [-0.2, -0.15) is 15.0 Å². The second kappa shape index (κ2) is 10.9. The van der Waals surface area contributed by atoms with E-state index in [9.17, 15) is 4.79 Å². The number of likely N-dealkylation sites (N-methyl/N-ethyl adjacent to an activating group) is 1. The van der Waals surface area contributed by atoms with Crippen molar-refractivity contribution in [2.45, 2.75) is 29.3 Å². The number of hydrogen-bond acceptors (Lipinski definition) is 11. The Morgan fingerprint density at radius 3 is 2.59 bits per heavy atom. The number of carbonyl (C=O) groups is 1. The molecule has 1 saturated carbocycles. The number of thiophene rings is 1. The molecule has 0 spiro atoms. The van der Waals surface area contributed by atoms with Gasteiger partial charge in [-0.3, -0.25) is 10.1 Å². The predicted molar refractivity (Wildman–Crippen MR) is 150 cm³/mol. The number of anilines is 3. The van der Waals surface area contributed by atoms with E-state index in [1.165, 1.54) is 16.6 Å². The van der Waals surface area contributed by atoms with Crippen molar-refractivity contribution in [3.05, 3.63) is 53.5 Å². The predicted octanol–water partition coefficient (Wildman–Crippen LogP) is 5.22. The molecule has 2 aliphatic rings. The number of aromatic nitrogens is 4. The molecule has 1 aromatic carbocycles. The molecule has 11 heteroatoms. The van der Waals surface area contributed by atoms with Gasteiger partial charge in [0.2, 0.25) is 11.9 Å². The van der Waals surface area contributed by atoms with Crippen molar-refractivity contribution in [3.8, 4) is 9.75 Å². The SMILES string of the molecule is CN1CCN(c2nc(Nc3ncc(-c4cccs4)s3)nc(Sc3ccc(CC(=O)C4CC4)cc3)n2)CC1. The Kier molecular flexibility index (Phi) is 7.18. The molecule has 1 aliphatic carbocycles. The summed E-state index contributed by atoms with van der Waals surface area (Å²) in [4.78, 5) is 38.8. The molecule has 190 valence electrons. The van der Waals surface area contributed by atoms with Crippen LogP contribution in [0.15, 0.2) is 58.0 Å². The number of nitrogens with zero attached hydrogens (tertiary/aromatic N) is 6. The Hall–Kier alpha value is -2.86. The minimum absolute atomic E-state index is 0.289. The standard InChI is InChI=1S/C26H27N7OS3/c1-32-10-12-33(13-11-32)24-28-23(29-25-27-16-22(37-25)21-3-2-14-35-21)30-26(31-24)36-19-8-4-17(5-9-19)15-20(34)18-6-7-18/h2-5,8-9,14,16,18H,6-7,10-13,15H2,1H3,(H,27,28,29,30,31). The first-order chi connectivity index (χ1) is 18.1. The van der Waals surface area contributed by atoms with E-state index in [1.807, 2.05) is 36.5 Å². The molecule has 4 aromatic rings. The average Bonchev–Trinajstić information content (AvgIpc) is 3.41. The topological polar surface area (TPSA) is 87.1 Å². The van der Waals surface area contributed by atoms with Crippen LogP contribution in [-0.4, -0.2) is 63.8 Å². The fraction of sp³-hybridized carbons (Fsp3) is 0.346. The highest BCUT2D eigenvalue weighted by molar-refractivity contribution is 7.99. The molecule has 1 aliphatic heterocycles. The zero-order valence-electron chi connectivity index (χ0n) is 20.5. The van der Waals surface area contributed by atoms with E-state index in [4.69, 9.17) is 15.0 Å². The van der Waals surface area contributed by atoms with E-state index < -0.39 is 0 Å². The number of Topliss-reactive ketones (excluding diaryl/α,β-unsaturated/α-hetero) is 1. The Labute approximate surface area is 228 Å². The smallest absolute Gasteiger partial charge is 0.234 e. The van der Waals surface area contributed by atoms with Crippen LogP contribution >= 0.6 is 34.4 Å². The first-order valence-corrected chi connectivity index (χ1v) is 14.9. The van der Waals surface area contributed by atoms with E-state index in [1.54, 1.807) is 22.7 Å². The van der Waals surface area contributed by atoms with Crippen LogP contribution in [0.3, 0.4) is 0 Å². The van der Waals surface area contributed by atoms with Gasteiger partial charge < -0.3 is 9.80 Å². The van der Waals surface area contributed by atoms with Crippen molar-refractivity contribution < 1.29 is 4.79 Å². The van der Waals surface area contributed by atoms with Crippen LogP contribution in [0.4, 0.5) is 17.0 Å². The number of nitrogens with one attached hydrogen (secondary N) is 1. The lowest BCUT2D eigenvalue weighted by Crippen LogP contribution is -2.45. The normalized spacial score (nSPS) is 16.2. The quantitative estimate of drug-likeness (QED) is 0.302. The molecular weight excluding hydrogens is 523 g/mol. The van der Waals surface area contributed by atoms with Crippen molar-refractivity contribution >= 4 is 57.2 Å². The summed E-state index contributed by atoms with van der Waals surface area (Å²) in [5.41, 5.74) is 1.06. The second-order valence-electron chi connectivity index (χ2n) is 9.33. The van der Waals surface area contributed by atoms with Crippen LogP contribution < -0.4 is 10.2 Å². The maximum absolute atomic E-state index is 12.2. The Morgan fingerprint density at radius 1 is 1.05 bits per heavy atom. The third-order valence-corrected chi connectivity index (χ3v) is 9.27. The molecule has 0 bridgehead atoms. The largest absolute Gasteiger partial charge is 0.338 e. The third-order valence-electron chi connectivity index (χ3n) is 6.42. The van der Waals surface area contributed by atoms with E-state index in [2.05, 4.69) is 38.6 Å². The minimum Gasteiger partial charge on any atom is -0.338 e. The van der Waals surface area contributed by atoms with E-state index in [0.717, 1.165) is 59.5 Å². The first kappa shape index (κ1) is 24.5. The number of rotatable bonds is 9. The molecule has 1 saturated heterocycles. The van der Waals surface area contributed by atoms with Gasteiger partial charge >= 0.3 is 0 Å². The van der Waals surface area contributed by atoms with Gasteiger partial charge in [-0.25, -0.2) is 4.98 Å². The highest BCUT2D eigenvalue weighted by atomic mass is 32.2. The minimum atomic E-state index is 0.289. The van der Waals surface area contributed by atoms with Crippen molar-refractivity contribution in [2.24, 2.45) is 5.92 Å². The van der Waals surface area contributed by atoms with Crippen LogP contribution in [-0.2, 0) is 11.2 Å². The molecule has 4 heterocycles.